The van der Waals surface area contributed by atoms with Crippen molar-refractivity contribution < 1.29 is 8.42 Å². The van der Waals surface area contributed by atoms with Crippen LogP contribution in [0.15, 0.2) is 35.4 Å². The Balaban J connectivity index is 1.87. The molecule has 5 heteroatoms. The number of aryl methyl sites for hydroxylation is 1. The molecule has 1 fully saturated rings. The Morgan fingerprint density at radius 3 is 2.73 bits per heavy atom. The van der Waals surface area contributed by atoms with E-state index in [9.17, 15) is 8.42 Å². The smallest absolute Gasteiger partial charge is 0.241 e. The second kappa shape index (κ2) is 6.34. The second-order valence-corrected chi connectivity index (χ2v) is 7.87. The molecule has 3 rings (SSSR count). The van der Waals surface area contributed by atoms with Crippen LogP contribution in [-0.4, -0.2) is 19.9 Å². The quantitative estimate of drug-likeness (QED) is 0.940. The molecule has 0 unspecified atom stereocenters. The summed E-state index contributed by atoms with van der Waals surface area (Å²) in [7, 11) is -3.49. The molecule has 1 aliphatic carbocycles. The number of nitrogens with one attached hydrogen (secondary N) is 1. The lowest BCUT2D eigenvalue weighted by Crippen LogP contribution is -2.30. The van der Waals surface area contributed by atoms with Gasteiger partial charge in [0.1, 0.15) is 0 Å². The summed E-state index contributed by atoms with van der Waals surface area (Å²) < 4.78 is 28.1. The first-order chi connectivity index (χ1) is 10.6. The molecular formula is C17H22N2O2S. The van der Waals surface area contributed by atoms with Gasteiger partial charge in [-0.25, -0.2) is 13.1 Å². The van der Waals surface area contributed by atoms with Gasteiger partial charge in [-0.3, -0.25) is 4.98 Å². The van der Waals surface area contributed by atoms with Crippen LogP contribution in [0.5, 0.6) is 0 Å². The molecule has 1 aromatic carbocycles. The van der Waals surface area contributed by atoms with Gasteiger partial charge in [0.25, 0.3) is 0 Å². The predicted molar refractivity (Wildman–Crippen MR) is 88.2 cm³/mol. The van der Waals surface area contributed by atoms with E-state index in [2.05, 4.69) is 9.71 Å². The average molecular weight is 318 g/mol. The van der Waals surface area contributed by atoms with Crippen molar-refractivity contribution in [1.82, 2.24) is 9.71 Å². The molecule has 1 saturated carbocycles. The van der Waals surface area contributed by atoms with E-state index in [0.29, 0.717) is 22.7 Å². The van der Waals surface area contributed by atoms with Gasteiger partial charge in [0.05, 0.1) is 10.4 Å². The third-order valence-corrected chi connectivity index (χ3v) is 5.99. The van der Waals surface area contributed by atoms with Gasteiger partial charge < -0.3 is 0 Å². The number of benzene rings is 1. The largest absolute Gasteiger partial charge is 0.256 e. The van der Waals surface area contributed by atoms with E-state index in [1.165, 1.54) is 19.3 Å². The lowest BCUT2D eigenvalue weighted by Gasteiger charge is -2.22. The molecule has 1 aliphatic rings. The second-order valence-electron chi connectivity index (χ2n) is 6.14. The zero-order valence-electron chi connectivity index (χ0n) is 12.9. The Bertz CT molecular complexity index is 765. The van der Waals surface area contributed by atoms with Crippen molar-refractivity contribution in [2.75, 3.05) is 6.54 Å². The van der Waals surface area contributed by atoms with Crippen LogP contribution in [0.1, 0.15) is 37.7 Å². The summed E-state index contributed by atoms with van der Waals surface area (Å²) in [5.74, 6) is 0.471. The van der Waals surface area contributed by atoms with E-state index in [0.717, 1.165) is 23.9 Å². The number of aromatic nitrogens is 1. The first kappa shape index (κ1) is 15.4. The Kier molecular flexibility index (Phi) is 4.45. The molecule has 1 heterocycles. The van der Waals surface area contributed by atoms with Crippen LogP contribution in [0.4, 0.5) is 0 Å². The summed E-state index contributed by atoms with van der Waals surface area (Å²) >= 11 is 0. The average Bonchev–Trinajstić information content (AvgIpc) is 2.54. The highest BCUT2D eigenvalue weighted by Gasteiger charge is 2.21. The maximum Gasteiger partial charge on any atom is 0.241 e. The minimum Gasteiger partial charge on any atom is -0.256 e. The van der Waals surface area contributed by atoms with E-state index >= 15 is 0 Å². The van der Waals surface area contributed by atoms with Crippen LogP contribution in [-0.2, 0) is 10.0 Å². The van der Waals surface area contributed by atoms with Crippen LogP contribution < -0.4 is 4.72 Å². The van der Waals surface area contributed by atoms with Gasteiger partial charge in [-0.1, -0.05) is 25.3 Å². The highest BCUT2D eigenvalue weighted by Crippen LogP contribution is 2.26. The molecule has 118 valence electrons. The molecule has 0 atom stereocenters. The molecule has 0 bridgehead atoms. The topological polar surface area (TPSA) is 59.1 Å². The summed E-state index contributed by atoms with van der Waals surface area (Å²) in [5.41, 5.74) is 1.74. The SMILES string of the molecule is Cc1ccc(S(=O)(=O)NCC2CCCCC2)c2cccnc12. The van der Waals surface area contributed by atoms with E-state index in [1.807, 2.05) is 19.1 Å². The summed E-state index contributed by atoms with van der Waals surface area (Å²) in [6.07, 6.45) is 7.64. The molecule has 4 nitrogen and oxygen atoms in total. The van der Waals surface area contributed by atoms with Crippen molar-refractivity contribution in [3.63, 3.8) is 0 Å². The third-order valence-electron chi connectivity index (χ3n) is 4.51. The Morgan fingerprint density at radius 1 is 1.18 bits per heavy atom. The van der Waals surface area contributed by atoms with Gasteiger partial charge in [0.2, 0.25) is 10.0 Å². The van der Waals surface area contributed by atoms with E-state index in [4.69, 9.17) is 0 Å². The first-order valence-electron chi connectivity index (χ1n) is 7.92. The summed E-state index contributed by atoms with van der Waals surface area (Å²) in [4.78, 5) is 4.64. The fraction of sp³-hybridized carbons (Fsp3) is 0.471. The van der Waals surface area contributed by atoms with Gasteiger partial charge in [-0.2, -0.15) is 0 Å². The summed E-state index contributed by atoms with van der Waals surface area (Å²) in [6.45, 7) is 2.49. The minimum atomic E-state index is -3.49. The first-order valence-corrected chi connectivity index (χ1v) is 9.40. The van der Waals surface area contributed by atoms with Gasteiger partial charge >= 0.3 is 0 Å². The molecular weight excluding hydrogens is 296 g/mol. The van der Waals surface area contributed by atoms with Crippen molar-refractivity contribution in [2.45, 2.75) is 43.9 Å². The monoisotopic (exact) mass is 318 g/mol. The van der Waals surface area contributed by atoms with E-state index < -0.39 is 10.0 Å². The summed E-state index contributed by atoms with van der Waals surface area (Å²) in [5, 5.41) is 0.693. The molecule has 1 aromatic heterocycles. The fourth-order valence-electron chi connectivity index (χ4n) is 3.22. The van der Waals surface area contributed by atoms with Crippen molar-refractivity contribution >= 4 is 20.9 Å². The Hall–Kier alpha value is -1.46. The Morgan fingerprint density at radius 2 is 1.95 bits per heavy atom. The van der Waals surface area contributed by atoms with E-state index in [-0.39, 0.29) is 0 Å². The van der Waals surface area contributed by atoms with Crippen LogP contribution in [0.2, 0.25) is 0 Å². The normalized spacial score (nSPS) is 17.0. The zero-order chi connectivity index (χ0) is 15.6. The lowest BCUT2D eigenvalue weighted by molar-refractivity contribution is 0.357. The van der Waals surface area contributed by atoms with Gasteiger partial charge in [0, 0.05) is 18.1 Å². The Labute approximate surface area is 132 Å². The predicted octanol–water partition coefficient (Wildman–Crippen LogP) is 3.40. The molecule has 0 spiro atoms. The molecule has 1 N–H and O–H groups in total. The van der Waals surface area contributed by atoms with Crippen LogP contribution in [0, 0.1) is 12.8 Å². The van der Waals surface area contributed by atoms with E-state index in [1.54, 1.807) is 18.3 Å². The molecule has 2 aromatic rings. The van der Waals surface area contributed by atoms with Crippen LogP contribution in [0.25, 0.3) is 10.9 Å². The highest BCUT2D eigenvalue weighted by molar-refractivity contribution is 7.89. The maximum absolute atomic E-state index is 12.7. The third kappa shape index (κ3) is 3.15. The fourth-order valence-corrected chi connectivity index (χ4v) is 4.53. The highest BCUT2D eigenvalue weighted by atomic mass is 32.2. The van der Waals surface area contributed by atoms with Gasteiger partial charge in [0.15, 0.2) is 0 Å². The zero-order valence-corrected chi connectivity index (χ0v) is 13.7. The molecule has 0 radical (unpaired) electrons. The van der Waals surface area contributed by atoms with Crippen LogP contribution >= 0.6 is 0 Å². The number of hydrogen-bond donors (Lipinski definition) is 1. The number of hydrogen-bond acceptors (Lipinski definition) is 3. The minimum absolute atomic E-state index is 0.331. The van der Waals surface area contributed by atoms with Crippen molar-refractivity contribution in [1.29, 1.82) is 0 Å². The number of nitrogens with zero attached hydrogens (tertiary/aromatic N) is 1. The van der Waals surface area contributed by atoms with Gasteiger partial charge in [-0.05, 0) is 49.4 Å². The summed E-state index contributed by atoms with van der Waals surface area (Å²) in [6, 6.07) is 7.11. The molecule has 0 saturated heterocycles. The number of rotatable bonds is 4. The number of sulfonamides is 1. The van der Waals surface area contributed by atoms with Crippen molar-refractivity contribution in [3.8, 4) is 0 Å². The number of pyridine rings is 1. The molecule has 0 amide bonds. The number of fused-ring (bicyclic) bond motifs is 1. The molecule has 22 heavy (non-hydrogen) atoms. The lowest BCUT2D eigenvalue weighted by atomic mass is 9.90. The van der Waals surface area contributed by atoms with Crippen molar-refractivity contribution in [3.05, 3.63) is 36.0 Å². The molecule has 0 aliphatic heterocycles. The van der Waals surface area contributed by atoms with Crippen LogP contribution in [0.3, 0.4) is 0 Å². The van der Waals surface area contributed by atoms with Gasteiger partial charge in [-0.15, -0.1) is 0 Å². The maximum atomic E-state index is 12.7. The standard InChI is InChI=1S/C17H22N2O2S/c1-13-9-10-16(15-8-5-11-18-17(13)15)22(20,21)19-12-14-6-3-2-4-7-14/h5,8-11,14,19H,2-4,6-7,12H2,1H3. The van der Waals surface area contributed by atoms with Crippen molar-refractivity contribution in [2.24, 2.45) is 5.92 Å².